The molecule has 0 aliphatic heterocycles. The van der Waals surface area contributed by atoms with Gasteiger partial charge in [0.05, 0.1) is 5.69 Å². The standard InChI is InChI=1S/C6H9N3.ClH/c1-5(7)6-3-2-4-8-9-6;/h2-5H,7H2,1H3;1H/t5-;/m1./s1. The largest absolute Gasteiger partial charge is 0.323 e. The summed E-state index contributed by atoms with van der Waals surface area (Å²) in [6.45, 7) is 1.88. The Balaban J connectivity index is 0.000000810. The highest BCUT2D eigenvalue weighted by molar-refractivity contribution is 5.85. The van der Waals surface area contributed by atoms with E-state index >= 15 is 0 Å². The molecule has 3 nitrogen and oxygen atoms in total. The minimum atomic E-state index is -0.0151. The highest BCUT2D eigenvalue weighted by atomic mass is 35.5. The van der Waals surface area contributed by atoms with Gasteiger partial charge in [0.1, 0.15) is 0 Å². The minimum absolute atomic E-state index is 0. The molecule has 1 aromatic heterocycles. The summed E-state index contributed by atoms with van der Waals surface area (Å²) in [5.74, 6) is 0. The van der Waals surface area contributed by atoms with Crippen LogP contribution in [0.15, 0.2) is 18.3 Å². The Kier molecular flexibility index (Phi) is 3.91. The summed E-state index contributed by atoms with van der Waals surface area (Å²) in [5.41, 5.74) is 6.34. The lowest BCUT2D eigenvalue weighted by Gasteiger charge is -1.99. The van der Waals surface area contributed by atoms with E-state index in [9.17, 15) is 0 Å². The second-order valence-electron chi connectivity index (χ2n) is 1.94. The molecule has 2 N–H and O–H groups in total. The van der Waals surface area contributed by atoms with Crippen molar-refractivity contribution in [2.24, 2.45) is 5.73 Å². The van der Waals surface area contributed by atoms with Gasteiger partial charge >= 0.3 is 0 Å². The van der Waals surface area contributed by atoms with Gasteiger partial charge in [-0.25, -0.2) is 0 Å². The smallest absolute Gasteiger partial charge is 0.0795 e. The van der Waals surface area contributed by atoms with E-state index in [0.717, 1.165) is 5.69 Å². The van der Waals surface area contributed by atoms with Crippen molar-refractivity contribution in [2.75, 3.05) is 0 Å². The first-order valence-electron chi connectivity index (χ1n) is 2.84. The molecule has 0 saturated carbocycles. The van der Waals surface area contributed by atoms with E-state index in [1.54, 1.807) is 6.20 Å². The van der Waals surface area contributed by atoms with Crippen LogP contribution in [0.4, 0.5) is 0 Å². The van der Waals surface area contributed by atoms with Gasteiger partial charge in [0.15, 0.2) is 0 Å². The molecule has 0 fully saturated rings. The van der Waals surface area contributed by atoms with Gasteiger partial charge in [-0.05, 0) is 19.1 Å². The van der Waals surface area contributed by atoms with Crippen molar-refractivity contribution >= 4 is 12.4 Å². The second kappa shape index (κ2) is 4.19. The van der Waals surface area contributed by atoms with Crippen LogP contribution in [0, 0.1) is 0 Å². The van der Waals surface area contributed by atoms with Crippen LogP contribution in [0.25, 0.3) is 0 Å². The number of rotatable bonds is 1. The lowest BCUT2D eigenvalue weighted by Crippen LogP contribution is -2.07. The van der Waals surface area contributed by atoms with Gasteiger partial charge < -0.3 is 5.73 Å². The van der Waals surface area contributed by atoms with E-state index < -0.39 is 0 Å². The van der Waals surface area contributed by atoms with Crippen molar-refractivity contribution in [3.05, 3.63) is 24.0 Å². The highest BCUT2D eigenvalue weighted by Gasteiger charge is 1.96. The Labute approximate surface area is 66.1 Å². The first-order valence-corrected chi connectivity index (χ1v) is 2.84. The van der Waals surface area contributed by atoms with Crippen LogP contribution in [0.5, 0.6) is 0 Å². The molecule has 1 heterocycles. The summed E-state index contributed by atoms with van der Waals surface area (Å²) in [7, 11) is 0. The molecule has 0 amide bonds. The Morgan fingerprint density at radius 2 is 2.30 bits per heavy atom. The van der Waals surface area contributed by atoms with Gasteiger partial charge in [-0.1, -0.05) is 0 Å². The van der Waals surface area contributed by atoms with E-state index in [1.807, 2.05) is 19.1 Å². The SMILES string of the molecule is C[C@@H](N)c1cccnn1.Cl. The fourth-order valence-electron chi connectivity index (χ4n) is 0.556. The zero-order chi connectivity index (χ0) is 6.69. The molecule has 0 unspecified atom stereocenters. The van der Waals surface area contributed by atoms with Crippen LogP contribution in [0.3, 0.4) is 0 Å². The van der Waals surface area contributed by atoms with Gasteiger partial charge in [-0.2, -0.15) is 10.2 Å². The normalized spacial score (nSPS) is 11.8. The summed E-state index contributed by atoms with van der Waals surface area (Å²) in [4.78, 5) is 0. The zero-order valence-electron chi connectivity index (χ0n) is 5.69. The third kappa shape index (κ3) is 2.29. The van der Waals surface area contributed by atoms with Crippen molar-refractivity contribution in [3.8, 4) is 0 Å². The molecular formula is C6H10ClN3. The lowest BCUT2D eigenvalue weighted by molar-refractivity contribution is 0.752. The molecule has 0 bridgehead atoms. The topological polar surface area (TPSA) is 51.8 Å². The highest BCUT2D eigenvalue weighted by Crippen LogP contribution is 2.00. The number of hydrogen-bond donors (Lipinski definition) is 1. The molecule has 0 saturated heterocycles. The first-order chi connectivity index (χ1) is 4.30. The quantitative estimate of drug-likeness (QED) is 0.663. The molecule has 4 heteroatoms. The molecule has 0 radical (unpaired) electrons. The molecule has 10 heavy (non-hydrogen) atoms. The van der Waals surface area contributed by atoms with Crippen molar-refractivity contribution in [2.45, 2.75) is 13.0 Å². The van der Waals surface area contributed by atoms with Gasteiger partial charge in [0, 0.05) is 12.2 Å². The Bertz CT molecular complexity index is 176. The molecule has 1 rings (SSSR count). The van der Waals surface area contributed by atoms with Crippen molar-refractivity contribution in [1.29, 1.82) is 0 Å². The number of halogens is 1. The van der Waals surface area contributed by atoms with Crippen LogP contribution < -0.4 is 5.73 Å². The van der Waals surface area contributed by atoms with E-state index in [0.29, 0.717) is 0 Å². The Morgan fingerprint density at radius 1 is 1.60 bits per heavy atom. The number of nitrogens with two attached hydrogens (primary N) is 1. The maximum atomic E-state index is 5.51. The van der Waals surface area contributed by atoms with E-state index in [4.69, 9.17) is 5.73 Å². The number of aromatic nitrogens is 2. The molecule has 1 atom stereocenters. The monoisotopic (exact) mass is 159 g/mol. The van der Waals surface area contributed by atoms with E-state index in [-0.39, 0.29) is 18.4 Å². The van der Waals surface area contributed by atoms with Crippen molar-refractivity contribution < 1.29 is 0 Å². The fourth-order valence-corrected chi connectivity index (χ4v) is 0.556. The van der Waals surface area contributed by atoms with Crippen LogP contribution in [0.1, 0.15) is 18.7 Å². The average Bonchev–Trinajstić information content (AvgIpc) is 1.90. The Hall–Kier alpha value is -0.670. The summed E-state index contributed by atoms with van der Waals surface area (Å²) in [6.07, 6.45) is 1.63. The maximum Gasteiger partial charge on any atom is 0.0795 e. The van der Waals surface area contributed by atoms with Gasteiger partial charge in [-0.3, -0.25) is 0 Å². The van der Waals surface area contributed by atoms with Gasteiger partial charge in [0.2, 0.25) is 0 Å². The predicted octanol–water partition coefficient (Wildman–Crippen LogP) is 0.918. The van der Waals surface area contributed by atoms with Crippen LogP contribution in [0.2, 0.25) is 0 Å². The molecule has 0 spiro atoms. The Morgan fingerprint density at radius 3 is 2.60 bits per heavy atom. The minimum Gasteiger partial charge on any atom is -0.323 e. The van der Waals surface area contributed by atoms with E-state index in [2.05, 4.69) is 10.2 Å². The van der Waals surface area contributed by atoms with Crippen LogP contribution in [-0.4, -0.2) is 10.2 Å². The molecule has 0 aromatic carbocycles. The summed E-state index contributed by atoms with van der Waals surface area (Å²) in [5, 5.41) is 7.48. The maximum absolute atomic E-state index is 5.51. The summed E-state index contributed by atoms with van der Waals surface area (Å²) < 4.78 is 0. The first kappa shape index (κ1) is 9.33. The molecule has 0 aliphatic carbocycles. The van der Waals surface area contributed by atoms with Crippen molar-refractivity contribution in [3.63, 3.8) is 0 Å². The number of nitrogens with zero attached hydrogens (tertiary/aromatic N) is 2. The zero-order valence-corrected chi connectivity index (χ0v) is 6.51. The van der Waals surface area contributed by atoms with Crippen molar-refractivity contribution in [1.82, 2.24) is 10.2 Å². The third-order valence-corrected chi connectivity index (χ3v) is 1.06. The molecule has 0 aliphatic rings. The summed E-state index contributed by atoms with van der Waals surface area (Å²) >= 11 is 0. The fraction of sp³-hybridized carbons (Fsp3) is 0.333. The number of hydrogen-bond acceptors (Lipinski definition) is 3. The van der Waals surface area contributed by atoms with Crippen LogP contribution >= 0.6 is 12.4 Å². The molecule has 56 valence electrons. The average molecular weight is 160 g/mol. The van der Waals surface area contributed by atoms with E-state index in [1.165, 1.54) is 0 Å². The summed E-state index contributed by atoms with van der Waals surface area (Å²) in [6, 6.07) is 3.67. The second-order valence-corrected chi connectivity index (χ2v) is 1.94. The molecule has 1 aromatic rings. The van der Waals surface area contributed by atoms with Gasteiger partial charge in [0.25, 0.3) is 0 Å². The van der Waals surface area contributed by atoms with Crippen LogP contribution in [-0.2, 0) is 0 Å². The molecular weight excluding hydrogens is 150 g/mol. The van der Waals surface area contributed by atoms with Gasteiger partial charge in [-0.15, -0.1) is 12.4 Å². The lowest BCUT2D eigenvalue weighted by atomic mass is 10.2. The third-order valence-electron chi connectivity index (χ3n) is 1.06. The predicted molar refractivity (Wildman–Crippen MR) is 41.9 cm³/mol.